The van der Waals surface area contributed by atoms with Crippen LogP contribution in [-0.4, -0.2) is 22.5 Å². The normalized spacial score (nSPS) is 27.1. The first-order valence-corrected chi connectivity index (χ1v) is 5.16. The van der Waals surface area contributed by atoms with Gasteiger partial charge in [0.25, 0.3) is 5.98 Å². The molecule has 0 aromatic heterocycles. The Hall–Kier alpha value is -0.930. The van der Waals surface area contributed by atoms with Gasteiger partial charge in [-0.05, 0) is 24.5 Å². The molecule has 2 nitrogen and oxygen atoms in total. The van der Waals surface area contributed by atoms with Crippen molar-refractivity contribution in [2.75, 3.05) is 6.54 Å². The maximum atomic E-state index is 13.6. The highest BCUT2D eigenvalue weighted by Crippen LogP contribution is 2.29. The fourth-order valence-corrected chi connectivity index (χ4v) is 1.94. The molecule has 1 aromatic rings. The van der Waals surface area contributed by atoms with Gasteiger partial charge in [0.2, 0.25) is 0 Å². The molecule has 81 valence electrons. The minimum Gasteiger partial charge on any atom is -0.350 e. The molecule has 1 radical (unpaired) electrons. The number of benzene rings is 1. The third-order valence-corrected chi connectivity index (χ3v) is 2.89. The molecule has 1 aliphatic rings. The number of hydrogen-bond donors (Lipinski definition) is 1. The number of halogens is 1. The summed E-state index contributed by atoms with van der Waals surface area (Å²) in [6, 6.07) is 7.61. The lowest BCUT2D eigenvalue weighted by Gasteiger charge is -2.26. The Bertz CT molecular complexity index is 351. The van der Waals surface area contributed by atoms with Gasteiger partial charge in [-0.25, -0.2) is 4.90 Å². The predicted molar refractivity (Wildman–Crippen MR) is 56.6 cm³/mol. The summed E-state index contributed by atoms with van der Waals surface area (Å²) in [5.41, 5.74) is 1.86. The molecule has 0 spiro atoms. The van der Waals surface area contributed by atoms with E-state index in [1.807, 2.05) is 24.3 Å². The standard InChI is InChI=1S/C12H15FNO/c1-10-5-2-3-6-11(10)9-14-8-4-7-12(14,13)15/h2-3,5-6,15H,1,4,7-9H2. The van der Waals surface area contributed by atoms with Gasteiger partial charge in [0, 0.05) is 19.5 Å². The predicted octanol–water partition coefficient (Wildman–Crippen LogP) is 2.08. The third-order valence-electron chi connectivity index (χ3n) is 2.89. The van der Waals surface area contributed by atoms with Gasteiger partial charge < -0.3 is 5.11 Å². The van der Waals surface area contributed by atoms with Gasteiger partial charge in [0.1, 0.15) is 0 Å². The lowest BCUT2D eigenvalue weighted by molar-refractivity contribution is -0.189. The maximum absolute atomic E-state index is 13.6. The summed E-state index contributed by atoms with van der Waals surface area (Å²) in [4.78, 5) is 1.46. The first kappa shape index (κ1) is 10.6. The van der Waals surface area contributed by atoms with Gasteiger partial charge >= 0.3 is 0 Å². The lowest BCUT2D eigenvalue weighted by Crippen LogP contribution is -2.38. The Balaban J connectivity index is 2.12. The monoisotopic (exact) mass is 208 g/mol. The van der Waals surface area contributed by atoms with Crippen LogP contribution >= 0.6 is 0 Å². The largest absolute Gasteiger partial charge is 0.350 e. The molecule has 3 heteroatoms. The van der Waals surface area contributed by atoms with Crippen LogP contribution in [0.2, 0.25) is 0 Å². The van der Waals surface area contributed by atoms with E-state index >= 15 is 0 Å². The molecule has 1 aliphatic heterocycles. The van der Waals surface area contributed by atoms with Gasteiger partial charge in [-0.2, -0.15) is 4.39 Å². The molecule has 0 saturated carbocycles. The lowest BCUT2D eigenvalue weighted by atomic mass is 10.1. The highest BCUT2D eigenvalue weighted by Gasteiger charge is 2.38. The van der Waals surface area contributed by atoms with E-state index in [2.05, 4.69) is 6.92 Å². The first-order valence-electron chi connectivity index (χ1n) is 5.16. The van der Waals surface area contributed by atoms with Gasteiger partial charge in [-0.1, -0.05) is 24.3 Å². The molecule has 1 heterocycles. The number of hydrogen-bond acceptors (Lipinski definition) is 2. The average Bonchev–Trinajstić information content (AvgIpc) is 2.50. The van der Waals surface area contributed by atoms with Crippen LogP contribution in [0.3, 0.4) is 0 Å². The van der Waals surface area contributed by atoms with E-state index in [-0.39, 0.29) is 6.42 Å². The first-order chi connectivity index (χ1) is 7.09. The Kier molecular flexibility index (Phi) is 2.76. The fraction of sp³-hybridized carbons (Fsp3) is 0.417. The average molecular weight is 208 g/mol. The van der Waals surface area contributed by atoms with E-state index in [4.69, 9.17) is 0 Å². The van der Waals surface area contributed by atoms with E-state index in [1.165, 1.54) is 4.90 Å². The Morgan fingerprint density at radius 1 is 1.47 bits per heavy atom. The molecule has 0 bridgehead atoms. The molecule has 1 fully saturated rings. The van der Waals surface area contributed by atoms with Crippen molar-refractivity contribution >= 4 is 0 Å². The Morgan fingerprint density at radius 3 is 2.80 bits per heavy atom. The van der Waals surface area contributed by atoms with Crippen LogP contribution < -0.4 is 0 Å². The summed E-state index contributed by atoms with van der Waals surface area (Å²) in [6.07, 6.45) is 0.901. The highest BCUT2D eigenvalue weighted by molar-refractivity contribution is 5.29. The molecular weight excluding hydrogens is 193 g/mol. The molecule has 2 rings (SSSR count). The third kappa shape index (κ3) is 2.19. The minimum absolute atomic E-state index is 0.201. The van der Waals surface area contributed by atoms with E-state index in [1.54, 1.807) is 0 Å². The molecule has 1 unspecified atom stereocenters. The van der Waals surface area contributed by atoms with Crippen molar-refractivity contribution in [3.63, 3.8) is 0 Å². The number of aliphatic hydroxyl groups is 1. The van der Waals surface area contributed by atoms with Crippen molar-refractivity contribution in [1.82, 2.24) is 4.90 Å². The minimum atomic E-state index is -2.14. The second kappa shape index (κ2) is 3.91. The number of likely N-dealkylation sites (tertiary alicyclic amines) is 1. The quantitative estimate of drug-likeness (QED) is 0.752. The molecule has 1 aromatic carbocycles. The van der Waals surface area contributed by atoms with Gasteiger partial charge in [0.15, 0.2) is 0 Å². The summed E-state index contributed by atoms with van der Waals surface area (Å²) in [5.74, 6) is -2.14. The Labute approximate surface area is 89.3 Å². The van der Waals surface area contributed by atoms with Crippen molar-refractivity contribution in [3.8, 4) is 0 Å². The second-order valence-corrected chi connectivity index (χ2v) is 4.01. The molecule has 15 heavy (non-hydrogen) atoms. The number of alkyl halides is 1. The molecule has 1 N–H and O–H groups in total. The van der Waals surface area contributed by atoms with E-state index in [0.29, 0.717) is 19.5 Å². The second-order valence-electron chi connectivity index (χ2n) is 4.01. The Morgan fingerprint density at radius 2 is 2.20 bits per heavy atom. The van der Waals surface area contributed by atoms with Crippen LogP contribution in [0.4, 0.5) is 4.39 Å². The maximum Gasteiger partial charge on any atom is 0.266 e. The van der Waals surface area contributed by atoms with E-state index < -0.39 is 5.98 Å². The summed E-state index contributed by atoms with van der Waals surface area (Å²) in [6.45, 7) is 4.90. The molecular formula is C12H15FNO. The van der Waals surface area contributed by atoms with Crippen LogP contribution in [0.5, 0.6) is 0 Å². The van der Waals surface area contributed by atoms with Crippen LogP contribution in [0.25, 0.3) is 0 Å². The van der Waals surface area contributed by atoms with Crippen LogP contribution in [-0.2, 0) is 6.54 Å². The van der Waals surface area contributed by atoms with Crippen LogP contribution in [0.1, 0.15) is 24.0 Å². The molecule has 0 amide bonds. The topological polar surface area (TPSA) is 23.5 Å². The zero-order valence-corrected chi connectivity index (χ0v) is 8.62. The summed E-state index contributed by atoms with van der Waals surface area (Å²) in [5, 5.41) is 9.45. The SMILES string of the molecule is [CH2]c1ccccc1CN1CCCC1(O)F. The molecule has 1 atom stereocenters. The van der Waals surface area contributed by atoms with Crippen LogP contribution in [0.15, 0.2) is 24.3 Å². The molecule has 1 saturated heterocycles. The smallest absolute Gasteiger partial charge is 0.266 e. The zero-order valence-electron chi connectivity index (χ0n) is 8.62. The van der Waals surface area contributed by atoms with Crippen molar-refractivity contribution in [2.45, 2.75) is 25.4 Å². The summed E-state index contributed by atoms with van der Waals surface area (Å²) in [7, 11) is 0. The van der Waals surface area contributed by atoms with Crippen molar-refractivity contribution in [2.24, 2.45) is 0 Å². The van der Waals surface area contributed by atoms with Crippen molar-refractivity contribution in [1.29, 1.82) is 0 Å². The summed E-state index contributed by atoms with van der Waals surface area (Å²) < 4.78 is 13.6. The van der Waals surface area contributed by atoms with Gasteiger partial charge in [-0.3, -0.25) is 0 Å². The fourth-order valence-electron chi connectivity index (χ4n) is 1.94. The van der Waals surface area contributed by atoms with Gasteiger partial charge in [-0.15, -0.1) is 0 Å². The number of rotatable bonds is 2. The highest BCUT2D eigenvalue weighted by atomic mass is 19.2. The van der Waals surface area contributed by atoms with Crippen molar-refractivity contribution in [3.05, 3.63) is 42.3 Å². The zero-order chi connectivity index (χ0) is 10.9. The summed E-state index contributed by atoms with van der Waals surface area (Å²) >= 11 is 0. The van der Waals surface area contributed by atoms with E-state index in [9.17, 15) is 9.50 Å². The van der Waals surface area contributed by atoms with Crippen molar-refractivity contribution < 1.29 is 9.50 Å². The van der Waals surface area contributed by atoms with Gasteiger partial charge in [0.05, 0.1) is 0 Å². The van der Waals surface area contributed by atoms with E-state index in [0.717, 1.165) is 11.1 Å². The number of nitrogens with zero attached hydrogens (tertiary/aromatic N) is 1. The van der Waals surface area contributed by atoms with Crippen LogP contribution in [0, 0.1) is 6.92 Å². The molecule has 0 aliphatic carbocycles.